The first-order valence-corrected chi connectivity index (χ1v) is 8.46. The molecule has 0 amide bonds. The van der Waals surface area contributed by atoms with E-state index in [9.17, 15) is 8.78 Å². The molecule has 3 rings (SSSR count). The summed E-state index contributed by atoms with van der Waals surface area (Å²) in [6, 6.07) is 15.4. The van der Waals surface area contributed by atoms with Crippen LogP contribution in [-0.2, 0) is 6.42 Å². The lowest BCUT2D eigenvalue weighted by atomic mass is 10.1. The Morgan fingerprint density at radius 1 is 0.923 bits per heavy atom. The van der Waals surface area contributed by atoms with Crippen LogP contribution in [0.5, 0.6) is 0 Å². The lowest BCUT2D eigenvalue weighted by Crippen LogP contribution is -2.07. The average Bonchev–Trinajstić information content (AvgIpc) is 2.62. The van der Waals surface area contributed by atoms with Crippen molar-refractivity contribution >= 4 is 17.3 Å². The summed E-state index contributed by atoms with van der Waals surface area (Å²) in [5.74, 6) is 0.388. The molecular weight excluding hydrogens is 334 g/mol. The van der Waals surface area contributed by atoms with Crippen molar-refractivity contribution < 1.29 is 8.78 Å². The Morgan fingerprint density at radius 3 is 2.46 bits per heavy atom. The molecule has 0 aliphatic heterocycles. The molecule has 0 radical (unpaired) electrons. The summed E-state index contributed by atoms with van der Waals surface area (Å²) in [7, 11) is 0. The Hall–Kier alpha value is -3.02. The Bertz CT molecular complexity index is 869. The predicted molar refractivity (Wildman–Crippen MR) is 99.7 cm³/mol. The smallest absolute Gasteiger partial charge is 0.149 e. The van der Waals surface area contributed by atoms with Crippen LogP contribution < -0.4 is 10.6 Å². The summed E-state index contributed by atoms with van der Waals surface area (Å²) in [4.78, 5) is 8.59. The third kappa shape index (κ3) is 4.99. The van der Waals surface area contributed by atoms with Crippen LogP contribution in [0.25, 0.3) is 0 Å². The van der Waals surface area contributed by atoms with E-state index >= 15 is 0 Å². The second kappa shape index (κ2) is 8.38. The van der Waals surface area contributed by atoms with Crippen molar-refractivity contribution in [2.24, 2.45) is 0 Å². The minimum absolute atomic E-state index is 0.166. The number of rotatable bonds is 7. The number of benzene rings is 2. The number of hydrogen-bond donors (Lipinski definition) is 2. The van der Waals surface area contributed by atoms with Crippen LogP contribution in [0, 0.1) is 18.6 Å². The van der Waals surface area contributed by atoms with Crippen molar-refractivity contribution in [3.8, 4) is 0 Å². The lowest BCUT2D eigenvalue weighted by molar-refractivity contribution is 0.586. The van der Waals surface area contributed by atoms with Crippen LogP contribution >= 0.6 is 0 Å². The molecule has 26 heavy (non-hydrogen) atoms. The fourth-order valence-electron chi connectivity index (χ4n) is 2.60. The summed E-state index contributed by atoms with van der Waals surface area (Å²) in [5.41, 5.74) is 1.46. The number of nitrogens with one attached hydrogen (secondary N) is 2. The molecule has 0 atom stereocenters. The van der Waals surface area contributed by atoms with E-state index in [4.69, 9.17) is 0 Å². The molecule has 0 saturated carbocycles. The van der Waals surface area contributed by atoms with Crippen molar-refractivity contribution in [3.05, 3.63) is 77.6 Å². The molecule has 4 nitrogen and oxygen atoms in total. The molecule has 0 saturated heterocycles. The molecule has 134 valence electrons. The van der Waals surface area contributed by atoms with Gasteiger partial charge in [-0.05, 0) is 37.5 Å². The molecule has 0 spiro atoms. The molecule has 3 aromatic rings. The molecule has 1 heterocycles. The van der Waals surface area contributed by atoms with Crippen LogP contribution in [0.1, 0.15) is 17.8 Å². The first-order chi connectivity index (χ1) is 12.6. The Balaban J connectivity index is 1.60. The van der Waals surface area contributed by atoms with Crippen molar-refractivity contribution in [1.82, 2.24) is 9.97 Å². The molecule has 0 fully saturated rings. The van der Waals surface area contributed by atoms with Gasteiger partial charge in [0.05, 0.1) is 5.69 Å². The summed E-state index contributed by atoms with van der Waals surface area (Å²) < 4.78 is 26.8. The number of aromatic nitrogens is 2. The quantitative estimate of drug-likeness (QED) is 0.596. The second-order valence-electron chi connectivity index (χ2n) is 5.95. The number of anilines is 3. The molecular formula is C20H20F2N4. The molecule has 0 bridgehead atoms. The van der Waals surface area contributed by atoms with Gasteiger partial charge in [0.25, 0.3) is 0 Å². The van der Waals surface area contributed by atoms with Crippen LogP contribution in [0.15, 0.2) is 54.6 Å². The fourth-order valence-corrected chi connectivity index (χ4v) is 2.60. The minimum Gasteiger partial charge on any atom is -0.370 e. The maximum atomic E-state index is 13.8. The highest BCUT2D eigenvalue weighted by Gasteiger charge is 2.07. The summed E-state index contributed by atoms with van der Waals surface area (Å²) in [5, 5.41) is 6.12. The van der Waals surface area contributed by atoms with Crippen molar-refractivity contribution in [2.75, 3.05) is 17.2 Å². The number of hydrogen-bond acceptors (Lipinski definition) is 4. The highest BCUT2D eigenvalue weighted by Crippen LogP contribution is 2.21. The van der Waals surface area contributed by atoms with Crippen LogP contribution in [0.4, 0.5) is 26.1 Å². The third-order valence-corrected chi connectivity index (χ3v) is 3.82. The van der Waals surface area contributed by atoms with Gasteiger partial charge in [-0.25, -0.2) is 18.7 Å². The van der Waals surface area contributed by atoms with E-state index in [1.54, 1.807) is 13.0 Å². The van der Waals surface area contributed by atoms with E-state index < -0.39 is 11.6 Å². The summed E-state index contributed by atoms with van der Waals surface area (Å²) >= 11 is 0. The van der Waals surface area contributed by atoms with E-state index in [-0.39, 0.29) is 5.69 Å². The molecule has 0 aliphatic carbocycles. The Kier molecular flexibility index (Phi) is 5.73. The van der Waals surface area contributed by atoms with Gasteiger partial charge in [0.15, 0.2) is 0 Å². The van der Waals surface area contributed by atoms with Gasteiger partial charge in [-0.1, -0.05) is 30.3 Å². The molecule has 6 heteroatoms. The zero-order valence-corrected chi connectivity index (χ0v) is 14.5. The summed E-state index contributed by atoms with van der Waals surface area (Å²) in [6.45, 7) is 2.52. The van der Waals surface area contributed by atoms with Gasteiger partial charge in [0.1, 0.15) is 29.1 Å². The standard InChI is InChI=1S/C20H20F2N4/c1-14-24-19(23-11-5-8-15-6-3-2-4-7-15)13-20(25-14)26-18-10-9-16(21)12-17(18)22/h2-4,6-7,9-10,12-13H,5,8,11H2,1H3,(H2,23,24,25,26). The van der Waals surface area contributed by atoms with Crippen molar-refractivity contribution in [2.45, 2.75) is 19.8 Å². The highest BCUT2D eigenvalue weighted by atomic mass is 19.1. The third-order valence-electron chi connectivity index (χ3n) is 3.82. The Morgan fingerprint density at radius 2 is 1.69 bits per heavy atom. The predicted octanol–water partition coefficient (Wildman–Crippen LogP) is 4.85. The topological polar surface area (TPSA) is 49.8 Å². The largest absolute Gasteiger partial charge is 0.370 e. The monoisotopic (exact) mass is 354 g/mol. The van der Waals surface area contributed by atoms with Gasteiger partial charge in [-0.3, -0.25) is 0 Å². The van der Waals surface area contributed by atoms with Crippen LogP contribution in [0.2, 0.25) is 0 Å². The maximum absolute atomic E-state index is 13.8. The lowest BCUT2D eigenvalue weighted by Gasteiger charge is -2.11. The normalized spacial score (nSPS) is 10.6. The van der Waals surface area contributed by atoms with Gasteiger partial charge in [0, 0.05) is 18.7 Å². The second-order valence-corrected chi connectivity index (χ2v) is 5.95. The van der Waals surface area contributed by atoms with Gasteiger partial charge >= 0.3 is 0 Å². The minimum atomic E-state index is -0.668. The zero-order chi connectivity index (χ0) is 18.4. The fraction of sp³-hybridized carbons (Fsp3) is 0.200. The van der Waals surface area contributed by atoms with E-state index in [2.05, 4.69) is 32.7 Å². The van der Waals surface area contributed by atoms with E-state index in [0.717, 1.165) is 25.5 Å². The van der Waals surface area contributed by atoms with Gasteiger partial charge in [-0.15, -0.1) is 0 Å². The van der Waals surface area contributed by atoms with E-state index in [1.165, 1.54) is 17.7 Å². The van der Waals surface area contributed by atoms with Gasteiger partial charge in [0.2, 0.25) is 0 Å². The summed E-state index contributed by atoms with van der Waals surface area (Å²) in [6.07, 6.45) is 1.94. The molecule has 0 unspecified atom stereocenters. The van der Waals surface area contributed by atoms with Crippen LogP contribution in [0.3, 0.4) is 0 Å². The maximum Gasteiger partial charge on any atom is 0.149 e. The first kappa shape index (κ1) is 17.8. The molecule has 2 aromatic carbocycles. The number of nitrogens with zero attached hydrogens (tertiary/aromatic N) is 2. The van der Waals surface area contributed by atoms with E-state index in [1.807, 2.05) is 18.2 Å². The molecule has 0 aliphatic rings. The van der Waals surface area contributed by atoms with Gasteiger partial charge in [-0.2, -0.15) is 0 Å². The SMILES string of the molecule is Cc1nc(NCCCc2ccccc2)cc(Nc2ccc(F)cc2F)n1. The number of halogens is 2. The van der Waals surface area contributed by atoms with Crippen LogP contribution in [-0.4, -0.2) is 16.5 Å². The van der Waals surface area contributed by atoms with Gasteiger partial charge < -0.3 is 10.6 Å². The average molecular weight is 354 g/mol. The molecule has 2 N–H and O–H groups in total. The van der Waals surface area contributed by atoms with E-state index in [0.29, 0.717) is 17.5 Å². The van der Waals surface area contributed by atoms with Crippen molar-refractivity contribution in [3.63, 3.8) is 0 Å². The Labute approximate surface area is 151 Å². The van der Waals surface area contributed by atoms with Crippen molar-refractivity contribution in [1.29, 1.82) is 0 Å². The molecule has 1 aromatic heterocycles. The zero-order valence-electron chi connectivity index (χ0n) is 14.5. The highest BCUT2D eigenvalue weighted by molar-refractivity contribution is 5.59. The first-order valence-electron chi connectivity index (χ1n) is 8.46. The number of aryl methyl sites for hydroxylation is 2.